The van der Waals surface area contributed by atoms with Gasteiger partial charge in [-0.05, 0) is 42.3 Å². The average molecular weight is 470 g/mol. The number of hydrogen-bond acceptors (Lipinski definition) is 5. The summed E-state index contributed by atoms with van der Waals surface area (Å²) in [6.45, 7) is 5.44. The molecule has 2 heterocycles. The van der Waals surface area contributed by atoms with Crippen LogP contribution in [0.1, 0.15) is 22.7 Å². The predicted molar refractivity (Wildman–Crippen MR) is 132 cm³/mol. The molecule has 176 valence electrons. The molecule has 2 amide bonds. The minimum atomic E-state index is -0.650. The lowest BCUT2D eigenvalue weighted by atomic mass is 10.00. The van der Waals surface area contributed by atoms with Crippen molar-refractivity contribution in [2.45, 2.75) is 19.0 Å². The summed E-state index contributed by atoms with van der Waals surface area (Å²) in [5, 5.41) is 6.10. The monoisotopic (exact) mass is 469 g/mol. The van der Waals surface area contributed by atoms with Gasteiger partial charge < -0.3 is 20.4 Å². The first-order valence-electron chi connectivity index (χ1n) is 11.5. The fourth-order valence-corrected chi connectivity index (χ4v) is 4.76. The first kappa shape index (κ1) is 23.5. The molecule has 0 radical (unpaired) electrons. The summed E-state index contributed by atoms with van der Waals surface area (Å²) in [6.07, 6.45) is 1.03. The molecule has 2 N–H and O–H groups in total. The van der Waals surface area contributed by atoms with Crippen LogP contribution < -0.4 is 15.5 Å². The summed E-state index contributed by atoms with van der Waals surface area (Å²) in [5.74, 6) is -1.27. The van der Waals surface area contributed by atoms with Gasteiger partial charge in [-0.15, -0.1) is 0 Å². The highest BCUT2D eigenvalue weighted by atomic mass is 35.5. The van der Waals surface area contributed by atoms with E-state index >= 15 is 0 Å². The third-order valence-corrected chi connectivity index (χ3v) is 7.02. The van der Waals surface area contributed by atoms with Gasteiger partial charge in [0.1, 0.15) is 0 Å². The van der Waals surface area contributed by atoms with Crippen LogP contribution in [0.3, 0.4) is 0 Å². The molecule has 1 saturated heterocycles. The second-order valence-electron chi connectivity index (χ2n) is 8.90. The highest BCUT2D eigenvalue weighted by Gasteiger charge is 2.27. The Morgan fingerprint density at radius 2 is 1.70 bits per heavy atom. The van der Waals surface area contributed by atoms with Crippen LogP contribution in [0.4, 0.5) is 5.69 Å². The van der Waals surface area contributed by atoms with Crippen molar-refractivity contribution in [3.63, 3.8) is 0 Å². The number of likely N-dealkylation sites (N-methyl/N-ethyl adjacent to an activating group) is 2. The maximum absolute atomic E-state index is 12.6. The number of piperazine rings is 1. The molecule has 2 aromatic carbocycles. The smallest absolute Gasteiger partial charge is 0.309 e. The summed E-state index contributed by atoms with van der Waals surface area (Å²) in [6, 6.07) is 13.9. The maximum Gasteiger partial charge on any atom is 0.309 e. The summed E-state index contributed by atoms with van der Waals surface area (Å²) in [4.78, 5) is 31.9. The maximum atomic E-state index is 12.6. The zero-order valence-electron chi connectivity index (χ0n) is 19.3. The van der Waals surface area contributed by atoms with Crippen molar-refractivity contribution in [1.29, 1.82) is 0 Å². The number of anilines is 1. The van der Waals surface area contributed by atoms with Gasteiger partial charge in [-0.3, -0.25) is 14.5 Å². The zero-order chi connectivity index (χ0) is 23.4. The molecular weight excluding hydrogens is 438 g/mol. The summed E-state index contributed by atoms with van der Waals surface area (Å²) in [5.41, 5.74) is 4.58. The second-order valence-corrected chi connectivity index (χ2v) is 9.31. The van der Waals surface area contributed by atoms with Gasteiger partial charge >= 0.3 is 11.8 Å². The molecule has 0 bridgehead atoms. The summed E-state index contributed by atoms with van der Waals surface area (Å²) >= 11 is 6.14. The normalized spacial score (nSPS) is 17.5. The van der Waals surface area contributed by atoms with Crippen molar-refractivity contribution < 1.29 is 9.59 Å². The zero-order valence-corrected chi connectivity index (χ0v) is 20.1. The van der Waals surface area contributed by atoms with E-state index in [0.29, 0.717) is 11.6 Å². The van der Waals surface area contributed by atoms with Crippen LogP contribution in [-0.4, -0.2) is 75.0 Å². The van der Waals surface area contributed by atoms with E-state index in [-0.39, 0.29) is 12.6 Å². The van der Waals surface area contributed by atoms with E-state index in [1.54, 1.807) is 6.07 Å². The molecule has 1 fully saturated rings. The second kappa shape index (κ2) is 10.5. The number of fused-ring (bicyclic) bond motifs is 1. The minimum Gasteiger partial charge on any atom is -0.374 e. The molecule has 7 nitrogen and oxygen atoms in total. The molecule has 4 rings (SSSR count). The highest BCUT2D eigenvalue weighted by Crippen LogP contribution is 2.31. The third kappa shape index (κ3) is 5.66. The van der Waals surface area contributed by atoms with Crippen LogP contribution in [0.5, 0.6) is 0 Å². The van der Waals surface area contributed by atoms with Crippen molar-refractivity contribution >= 4 is 29.1 Å². The highest BCUT2D eigenvalue weighted by molar-refractivity contribution is 6.35. The number of amides is 2. The molecule has 0 unspecified atom stereocenters. The fourth-order valence-electron chi connectivity index (χ4n) is 4.55. The third-order valence-electron chi connectivity index (χ3n) is 6.65. The van der Waals surface area contributed by atoms with Crippen molar-refractivity contribution in [2.75, 3.05) is 58.3 Å². The van der Waals surface area contributed by atoms with Crippen molar-refractivity contribution in [3.05, 3.63) is 64.2 Å². The molecule has 0 saturated carbocycles. The lowest BCUT2D eigenvalue weighted by Crippen LogP contribution is -2.49. The molecule has 0 aliphatic carbocycles. The average Bonchev–Trinajstić information content (AvgIpc) is 3.19. The van der Waals surface area contributed by atoms with Crippen LogP contribution >= 0.6 is 11.6 Å². The van der Waals surface area contributed by atoms with Gasteiger partial charge in [-0.1, -0.05) is 41.9 Å². The Morgan fingerprint density at radius 1 is 0.970 bits per heavy atom. The van der Waals surface area contributed by atoms with E-state index in [1.807, 2.05) is 18.2 Å². The van der Waals surface area contributed by atoms with Gasteiger partial charge in [-0.25, -0.2) is 0 Å². The first-order chi connectivity index (χ1) is 15.9. The Bertz CT molecular complexity index is 1010. The Hall–Kier alpha value is -2.61. The fraction of sp³-hybridized carbons (Fsp3) is 0.440. The number of nitrogens with zero attached hydrogens (tertiary/aromatic N) is 3. The predicted octanol–water partition coefficient (Wildman–Crippen LogP) is 2.05. The first-order valence-corrected chi connectivity index (χ1v) is 11.9. The molecule has 2 aromatic rings. The lowest BCUT2D eigenvalue weighted by Gasteiger charge is -2.38. The largest absolute Gasteiger partial charge is 0.374 e. The summed E-state index contributed by atoms with van der Waals surface area (Å²) in [7, 11) is 4.24. The van der Waals surface area contributed by atoms with Gasteiger partial charge in [0.05, 0.1) is 6.04 Å². The van der Waals surface area contributed by atoms with E-state index in [2.05, 4.69) is 57.6 Å². The van der Waals surface area contributed by atoms with Crippen LogP contribution in [0.25, 0.3) is 0 Å². The molecule has 33 heavy (non-hydrogen) atoms. The van der Waals surface area contributed by atoms with Crippen LogP contribution in [-0.2, 0) is 22.6 Å². The number of halogens is 1. The SMILES string of the molecule is CN1CCN([C@@H](CNC(=O)C(=O)NCc2ccccc2Cl)c2ccc3c(c2)CCN3C)CC1. The molecule has 8 heteroatoms. The quantitative estimate of drug-likeness (QED) is 0.634. The van der Waals surface area contributed by atoms with Gasteiger partial charge in [0.15, 0.2) is 0 Å². The Kier molecular flexibility index (Phi) is 7.53. The number of benzene rings is 2. The van der Waals surface area contributed by atoms with E-state index in [0.717, 1.165) is 44.7 Å². The van der Waals surface area contributed by atoms with E-state index in [4.69, 9.17) is 11.6 Å². The number of carbonyl (C=O) groups excluding carboxylic acids is 2. The standard InChI is InChI=1S/C25H32ClN5O2/c1-29-11-13-31(14-12-29)23(18-7-8-22-19(15-18)9-10-30(22)2)17-28-25(33)24(32)27-16-20-5-3-4-6-21(20)26/h3-8,15,23H,9-14,16-17H2,1-2H3,(H,27,32)(H,28,33)/t23-/m0/s1. The van der Waals surface area contributed by atoms with Crippen LogP contribution in [0.15, 0.2) is 42.5 Å². The molecule has 2 aliphatic rings. The van der Waals surface area contributed by atoms with E-state index in [1.165, 1.54) is 16.8 Å². The van der Waals surface area contributed by atoms with Gasteiger partial charge in [-0.2, -0.15) is 0 Å². The van der Waals surface area contributed by atoms with Crippen molar-refractivity contribution in [3.8, 4) is 0 Å². The van der Waals surface area contributed by atoms with Gasteiger partial charge in [0, 0.05) is 63.6 Å². The molecule has 0 spiro atoms. The van der Waals surface area contributed by atoms with E-state index < -0.39 is 11.8 Å². The number of nitrogens with one attached hydrogen (secondary N) is 2. The topological polar surface area (TPSA) is 67.9 Å². The molecule has 1 atom stereocenters. The number of rotatable bonds is 6. The van der Waals surface area contributed by atoms with Crippen molar-refractivity contribution in [1.82, 2.24) is 20.4 Å². The Balaban J connectivity index is 1.41. The number of carbonyl (C=O) groups is 2. The molecule has 0 aromatic heterocycles. The van der Waals surface area contributed by atoms with Crippen LogP contribution in [0.2, 0.25) is 5.02 Å². The molecule has 2 aliphatic heterocycles. The number of hydrogen-bond donors (Lipinski definition) is 2. The lowest BCUT2D eigenvalue weighted by molar-refractivity contribution is -0.139. The summed E-state index contributed by atoms with van der Waals surface area (Å²) < 4.78 is 0. The minimum absolute atomic E-state index is 0.0234. The van der Waals surface area contributed by atoms with Crippen molar-refractivity contribution in [2.24, 2.45) is 0 Å². The Morgan fingerprint density at radius 3 is 2.45 bits per heavy atom. The van der Waals surface area contributed by atoms with E-state index in [9.17, 15) is 9.59 Å². The van der Waals surface area contributed by atoms with Gasteiger partial charge in [0.25, 0.3) is 0 Å². The van der Waals surface area contributed by atoms with Crippen LogP contribution in [0, 0.1) is 0 Å². The van der Waals surface area contributed by atoms with Gasteiger partial charge in [0.2, 0.25) is 0 Å². The Labute approximate surface area is 200 Å². The molecular formula is C25H32ClN5O2.